The van der Waals surface area contributed by atoms with Crippen molar-refractivity contribution in [3.63, 3.8) is 0 Å². The molecule has 3 aliphatic rings. The zero-order valence-electron chi connectivity index (χ0n) is 40.3. The first-order valence-corrected chi connectivity index (χ1v) is 23.8. The number of aromatic nitrogens is 4. The van der Waals surface area contributed by atoms with Crippen LogP contribution in [0.2, 0.25) is 0 Å². The van der Waals surface area contributed by atoms with Gasteiger partial charge in [-0.05, 0) is 111 Å². The topological polar surface area (TPSA) is 163 Å². The van der Waals surface area contributed by atoms with E-state index in [-0.39, 0.29) is 30.4 Å². The number of nitrogens with one attached hydrogen (secondary N) is 2. The number of nitrogens with zero attached hydrogens (tertiary/aromatic N) is 2. The second kappa shape index (κ2) is 22.4. The van der Waals surface area contributed by atoms with E-state index in [1.165, 1.54) is 27.1 Å². The van der Waals surface area contributed by atoms with Gasteiger partial charge in [-0.2, -0.15) is 0 Å². The number of unbranched alkanes of at least 4 members (excludes halogenated alkanes) is 8. The summed E-state index contributed by atoms with van der Waals surface area (Å²) in [4.78, 5) is 71.3. The van der Waals surface area contributed by atoms with Crippen LogP contribution in [-0.2, 0) is 50.0 Å². The third kappa shape index (κ3) is 10.6. The van der Waals surface area contributed by atoms with E-state index in [1.54, 1.807) is 12.2 Å². The van der Waals surface area contributed by atoms with Crippen LogP contribution >= 0.6 is 0 Å². The molecule has 0 saturated heterocycles. The molecule has 1 aliphatic carbocycles. The molecule has 66 heavy (non-hydrogen) atoms. The third-order valence-corrected chi connectivity index (χ3v) is 13.5. The summed E-state index contributed by atoms with van der Waals surface area (Å²) in [7, 11) is 2.59. The zero-order chi connectivity index (χ0) is 47.5. The van der Waals surface area contributed by atoms with E-state index in [2.05, 4.69) is 36.5 Å². The van der Waals surface area contributed by atoms with Crippen molar-refractivity contribution in [2.45, 2.75) is 137 Å². The van der Waals surface area contributed by atoms with E-state index in [1.807, 2.05) is 52.0 Å². The van der Waals surface area contributed by atoms with Crippen LogP contribution in [0.4, 0.5) is 0 Å². The molecule has 0 fully saturated rings. The van der Waals surface area contributed by atoms with Gasteiger partial charge in [0.2, 0.25) is 0 Å². The molecule has 12 nitrogen and oxygen atoms in total. The fourth-order valence-corrected chi connectivity index (χ4v) is 9.50. The summed E-state index contributed by atoms with van der Waals surface area (Å²) in [6.45, 7) is 17.3. The van der Waals surface area contributed by atoms with Gasteiger partial charge in [0.1, 0.15) is 5.92 Å². The molecule has 3 aromatic heterocycles. The lowest BCUT2D eigenvalue weighted by Gasteiger charge is -2.36. The minimum absolute atomic E-state index is 0.156. The Morgan fingerprint density at radius 3 is 1.94 bits per heavy atom. The Kier molecular flexibility index (Phi) is 16.8. The highest BCUT2D eigenvalue weighted by Gasteiger charge is 2.53. The molecule has 0 aromatic carbocycles. The van der Waals surface area contributed by atoms with Gasteiger partial charge in [-0.15, -0.1) is 0 Å². The molecule has 0 radical (unpaired) electrons. The van der Waals surface area contributed by atoms with E-state index in [9.17, 15) is 19.2 Å². The SMILES string of the molecule is C=Cc1c(C)c2cc3[nH]c(cc4nc(cc5nc(cc1[nH]2)[C@@]1(C)C5=CC=C(C(=O)OC)[C@H]1C(=O)OC)C(C)=C4CCC(=O)OCCCCCCC)c(CCC(=O)OCCCCCCC)c3C. The lowest BCUT2D eigenvalue weighted by Crippen LogP contribution is -2.42. The number of carbonyl (C=O) groups excluding carboxylic acids is 4. The van der Waals surface area contributed by atoms with Crippen molar-refractivity contribution in [1.29, 1.82) is 0 Å². The van der Waals surface area contributed by atoms with Crippen molar-refractivity contribution in [3.8, 4) is 0 Å². The molecule has 352 valence electrons. The molecule has 0 unspecified atom stereocenters. The Bertz CT molecular complexity index is 2610. The number of allylic oxidation sites excluding steroid dienone is 5. The molecule has 0 saturated carbocycles. The molecule has 0 amide bonds. The van der Waals surface area contributed by atoms with Crippen LogP contribution in [0.15, 0.2) is 48.6 Å². The van der Waals surface area contributed by atoms with Crippen molar-refractivity contribution in [2.75, 3.05) is 27.4 Å². The average Bonchev–Trinajstić information content (AvgIpc) is 3.96. The maximum absolute atomic E-state index is 13.9. The first kappa shape index (κ1) is 49.4. The number of aromatic amines is 2. The van der Waals surface area contributed by atoms with Gasteiger partial charge in [-0.25, -0.2) is 9.78 Å². The number of hydrogen-bond acceptors (Lipinski definition) is 10. The fourth-order valence-electron chi connectivity index (χ4n) is 9.50. The molecule has 8 bridgehead atoms. The van der Waals surface area contributed by atoms with Gasteiger partial charge in [0.25, 0.3) is 0 Å². The predicted octanol–water partition coefficient (Wildman–Crippen LogP) is 11.5. The molecule has 5 heterocycles. The van der Waals surface area contributed by atoms with Crippen LogP contribution in [0.1, 0.15) is 156 Å². The smallest absolute Gasteiger partial charge is 0.334 e. The lowest BCUT2D eigenvalue weighted by atomic mass is 9.64. The fraction of sp³-hybridized carbons (Fsp3) is 0.481. The Labute approximate surface area is 389 Å². The van der Waals surface area contributed by atoms with Crippen LogP contribution < -0.4 is 0 Å². The van der Waals surface area contributed by atoms with E-state index in [0.29, 0.717) is 59.9 Å². The van der Waals surface area contributed by atoms with E-state index in [0.717, 1.165) is 101 Å². The highest BCUT2D eigenvalue weighted by Crippen LogP contribution is 2.52. The Balaban J connectivity index is 1.54. The number of carbonyl (C=O) groups is 4. The van der Waals surface area contributed by atoms with Crippen LogP contribution in [0.5, 0.6) is 0 Å². The number of fused-ring (bicyclic) bond motifs is 11. The van der Waals surface area contributed by atoms with E-state index in [4.69, 9.17) is 28.9 Å². The quantitative estimate of drug-likeness (QED) is 0.0598. The summed E-state index contributed by atoms with van der Waals surface area (Å²) in [6, 6.07) is 7.88. The number of aryl methyl sites for hydroxylation is 3. The number of ether oxygens (including phenoxy) is 4. The minimum atomic E-state index is -1.17. The third-order valence-electron chi connectivity index (χ3n) is 13.5. The number of esters is 4. The Morgan fingerprint density at radius 1 is 0.697 bits per heavy atom. The Morgan fingerprint density at radius 2 is 1.32 bits per heavy atom. The van der Waals surface area contributed by atoms with Crippen molar-refractivity contribution < 1.29 is 38.1 Å². The van der Waals surface area contributed by atoms with Crippen molar-refractivity contribution in [2.24, 2.45) is 5.92 Å². The highest BCUT2D eigenvalue weighted by molar-refractivity contribution is 6.02. The molecule has 0 spiro atoms. The highest BCUT2D eigenvalue weighted by atomic mass is 16.5. The van der Waals surface area contributed by atoms with Gasteiger partial charge >= 0.3 is 23.9 Å². The standard InChI is InChI=1S/C54H68N4O8/c1-10-13-15-17-19-27-65-49(59)25-22-37-34(5)42-29-41-33(4)36(12-3)46(57-41)32-48-54(7)40(24-21-39(52(61)63-8)51(54)53(62)64-9)47(58-48)30-43-35(6)38(45(56-43)31-44(37)55-42)23-26-50(60)66-28-20-18-16-14-11-2/h12,21,24,29-32,51,55,57H,3,10-11,13-20,22-23,25-28H2,1-2,4-9H3/t51-,54+/m0/s1. The van der Waals surface area contributed by atoms with Gasteiger partial charge in [0, 0.05) is 40.5 Å². The summed E-state index contributed by atoms with van der Waals surface area (Å²) in [5.74, 6) is -2.83. The average molecular weight is 901 g/mol. The van der Waals surface area contributed by atoms with Crippen LogP contribution in [0.25, 0.3) is 44.9 Å². The summed E-state index contributed by atoms with van der Waals surface area (Å²) < 4.78 is 21.9. The van der Waals surface area contributed by atoms with E-state index < -0.39 is 23.3 Å². The lowest BCUT2D eigenvalue weighted by molar-refractivity contribution is -0.149. The maximum Gasteiger partial charge on any atom is 0.334 e. The molecule has 2 aliphatic heterocycles. The van der Waals surface area contributed by atoms with E-state index >= 15 is 0 Å². The number of H-pyrrole nitrogens is 2. The summed E-state index contributed by atoms with van der Waals surface area (Å²) >= 11 is 0. The monoisotopic (exact) mass is 901 g/mol. The normalized spacial score (nSPS) is 16.6. The number of hydrogen-bond donors (Lipinski definition) is 2. The van der Waals surface area contributed by atoms with Gasteiger partial charge in [-0.3, -0.25) is 19.4 Å². The molecular weight excluding hydrogens is 833 g/mol. The predicted molar refractivity (Wildman–Crippen MR) is 261 cm³/mol. The second-order valence-corrected chi connectivity index (χ2v) is 17.8. The first-order chi connectivity index (χ1) is 31.8. The van der Waals surface area contributed by atoms with Gasteiger partial charge in [-0.1, -0.05) is 90.0 Å². The van der Waals surface area contributed by atoms with Crippen LogP contribution in [0.3, 0.4) is 0 Å². The summed E-state index contributed by atoms with van der Waals surface area (Å²) in [5.41, 5.74) is 10.7. The summed E-state index contributed by atoms with van der Waals surface area (Å²) in [5, 5.41) is 0. The Hall–Kier alpha value is -6.04. The number of rotatable bonds is 21. The molecule has 6 rings (SSSR count). The molecular formula is C54H68N4O8. The van der Waals surface area contributed by atoms with Crippen LogP contribution in [-0.4, -0.2) is 71.2 Å². The largest absolute Gasteiger partial charge is 0.469 e. The second-order valence-electron chi connectivity index (χ2n) is 17.8. The van der Waals surface area contributed by atoms with Gasteiger partial charge < -0.3 is 28.9 Å². The van der Waals surface area contributed by atoms with Gasteiger partial charge in [0.05, 0.1) is 61.2 Å². The minimum Gasteiger partial charge on any atom is -0.469 e. The maximum atomic E-state index is 13.9. The molecule has 3 aromatic rings. The van der Waals surface area contributed by atoms with Crippen molar-refractivity contribution in [1.82, 2.24) is 19.9 Å². The van der Waals surface area contributed by atoms with Gasteiger partial charge in [0.15, 0.2) is 0 Å². The summed E-state index contributed by atoms with van der Waals surface area (Å²) in [6.07, 6.45) is 17.1. The molecule has 12 heteroatoms. The number of methoxy groups -OCH3 is 2. The van der Waals surface area contributed by atoms with Crippen molar-refractivity contribution >= 4 is 68.7 Å². The van der Waals surface area contributed by atoms with Crippen LogP contribution in [0, 0.1) is 19.8 Å². The van der Waals surface area contributed by atoms with Crippen molar-refractivity contribution in [3.05, 3.63) is 93.6 Å². The zero-order valence-corrected chi connectivity index (χ0v) is 40.3. The molecule has 2 N–H and O–H groups in total. The first-order valence-electron chi connectivity index (χ1n) is 23.8. The molecule has 2 atom stereocenters.